The summed E-state index contributed by atoms with van der Waals surface area (Å²) in [7, 11) is -3.37. The normalized spacial score (nSPS) is 20.1. The molecule has 1 fully saturated rings. The number of unbranched alkanes of at least 4 members (excludes halogenated alkanes) is 1. The van der Waals surface area contributed by atoms with Gasteiger partial charge in [-0.2, -0.15) is 0 Å². The maximum absolute atomic E-state index is 12.4. The second-order valence-corrected chi connectivity index (χ2v) is 8.90. The molecule has 1 aromatic rings. The van der Waals surface area contributed by atoms with E-state index in [0.717, 1.165) is 6.42 Å². The maximum Gasteiger partial charge on any atom is 0.321 e. The Labute approximate surface area is 160 Å². The lowest BCUT2D eigenvalue weighted by Gasteiger charge is -2.34. The van der Waals surface area contributed by atoms with Gasteiger partial charge in [-0.05, 0) is 43.0 Å². The van der Waals surface area contributed by atoms with Crippen LogP contribution in [0.1, 0.15) is 33.1 Å². The number of aliphatic carboxylic acids is 1. The van der Waals surface area contributed by atoms with Gasteiger partial charge >= 0.3 is 12.0 Å². The van der Waals surface area contributed by atoms with Crippen LogP contribution in [0.5, 0.6) is 0 Å². The molecule has 0 spiro atoms. The third kappa shape index (κ3) is 6.42. The minimum atomic E-state index is -3.37. The highest BCUT2D eigenvalue weighted by atomic mass is 32.2. The molecule has 0 aliphatic carbocycles. The minimum Gasteiger partial charge on any atom is -0.481 e. The molecule has 1 heterocycles. The lowest BCUT2D eigenvalue weighted by atomic mass is 9.91. The molecule has 3 N–H and O–H groups in total. The minimum absolute atomic E-state index is 0.0693. The number of piperidine rings is 1. The van der Waals surface area contributed by atoms with E-state index in [-0.39, 0.29) is 24.2 Å². The smallest absolute Gasteiger partial charge is 0.321 e. The third-order valence-electron chi connectivity index (χ3n) is 4.47. The molecule has 0 radical (unpaired) electrons. The van der Waals surface area contributed by atoms with Crippen molar-refractivity contribution in [2.75, 3.05) is 28.9 Å². The van der Waals surface area contributed by atoms with E-state index < -0.39 is 21.9 Å². The van der Waals surface area contributed by atoms with Gasteiger partial charge in [0.1, 0.15) is 0 Å². The first kappa shape index (κ1) is 21.0. The van der Waals surface area contributed by atoms with Gasteiger partial charge in [-0.3, -0.25) is 9.52 Å². The van der Waals surface area contributed by atoms with E-state index in [2.05, 4.69) is 10.0 Å². The predicted molar refractivity (Wildman–Crippen MR) is 104 cm³/mol. The van der Waals surface area contributed by atoms with E-state index in [4.69, 9.17) is 0 Å². The van der Waals surface area contributed by atoms with E-state index in [1.54, 1.807) is 24.3 Å². The van der Waals surface area contributed by atoms with Crippen LogP contribution in [0, 0.1) is 11.8 Å². The first-order chi connectivity index (χ1) is 12.7. The van der Waals surface area contributed by atoms with Crippen molar-refractivity contribution >= 4 is 33.4 Å². The van der Waals surface area contributed by atoms with Crippen molar-refractivity contribution < 1.29 is 23.1 Å². The van der Waals surface area contributed by atoms with Gasteiger partial charge in [-0.25, -0.2) is 13.2 Å². The lowest BCUT2D eigenvalue weighted by Crippen LogP contribution is -2.47. The summed E-state index contributed by atoms with van der Waals surface area (Å²) in [5.41, 5.74) is 0.947. The second-order valence-electron chi connectivity index (χ2n) is 7.06. The van der Waals surface area contributed by atoms with Crippen LogP contribution >= 0.6 is 0 Å². The number of carboxylic acids is 1. The molecule has 27 heavy (non-hydrogen) atoms. The Morgan fingerprint density at radius 3 is 2.41 bits per heavy atom. The Balaban J connectivity index is 1.95. The van der Waals surface area contributed by atoms with Crippen LogP contribution in [0.25, 0.3) is 0 Å². The van der Waals surface area contributed by atoms with Crippen LogP contribution in [0.15, 0.2) is 24.3 Å². The van der Waals surface area contributed by atoms with Gasteiger partial charge in [0, 0.05) is 24.5 Å². The number of nitrogens with one attached hydrogen (secondary N) is 2. The number of amides is 2. The van der Waals surface area contributed by atoms with Crippen molar-refractivity contribution in [3.05, 3.63) is 24.3 Å². The number of hydrogen-bond acceptors (Lipinski definition) is 4. The topological polar surface area (TPSA) is 116 Å². The first-order valence-corrected chi connectivity index (χ1v) is 10.7. The van der Waals surface area contributed by atoms with Crippen molar-refractivity contribution in [3.63, 3.8) is 0 Å². The average Bonchev–Trinajstić information content (AvgIpc) is 2.61. The number of hydrogen-bond donors (Lipinski definition) is 3. The summed E-state index contributed by atoms with van der Waals surface area (Å²) in [5, 5.41) is 11.9. The van der Waals surface area contributed by atoms with Crippen LogP contribution in [-0.4, -0.2) is 49.3 Å². The number of carboxylic acid groups (broad SMARTS) is 1. The Hall–Kier alpha value is -2.29. The molecule has 1 aromatic carbocycles. The van der Waals surface area contributed by atoms with Crippen LogP contribution in [0.3, 0.4) is 0 Å². The number of nitrogens with zero attached hydrogens (tertiary/aromatic N) is 1. The molecule has 1 aliphatic rings. The molecule has 2 unspecified atom stereocenters. The highest BCUT2D eigenvalue weighted by Gasteiger charge is 2.31. The zero-order valence-electron chi connectivity index (χ0n) is 15.6. The molecule has 2 rings (SSSR count). The van der Waals surface area contributed by atoms with Gasteiger partial charge in [0.2, 0.25) is 10.0 Å². The van der Waals surface area contributed by atoms with Crippen molar-refractivity contribution in [1.82, 2.24) is 4.90 Å². The SMILES string of the molecule is CCCCS(=O)(=O)Nc1ccc(NC(=O)N2CC(C)CC(C(=O)O)C2)cc1. The molecule has 0 aromatic heterocycles. The number of benzene rings is 1. The van der Waals surface area contributed by atoms with Crippen molar-refractivity contribution in [2.45, 2.75) is 33.1 Å². The molecule has 2 amide bonds. The van der Waals surface area contributed by atoms with Gasteiger partial charge in [0.05, 0.1) is 11.7 Å². The Morgan fingerprint density at radius 2 is 1.81 bits per heavy atom. The summed E-state index contributed by atoms with van der Waals surface area (Å²) in [6.07, 6.45) is 1.95. The van der Waals surface area contributed by atoms with E-state index in [1.807, 2.05) is 13.8 Å². The van der Waals surface area contributed by atoms with Crippen molar-refractivity contribution in [3.8, 4) is 0 Å². The fourth-order valence-electron chi connectivity index (χ4n) is 3.09. The summed E-state index contributed by atoms with van der Waals surface area (Å²) >= 11 is 0. The zero-order chi connectivity index (χ0) is 20.0. The molecule has 9 heteroatoms. The molecule has 1 aliphatic heterocycles. The zero-order valence-corrected chi connectivity index (χ0v) is 16.5. The first-order valence-electron chi connectivity index (χ1n) is 9.09. The highest BCUT2D eigenvalue weighted by Crippen LogP contribution is 2.23. The number of urea groups is 1. The highest BCUT2D eigenvalue weighted by molar-refractivity contribution is 7.92. The summed E-state index contributed by atoms with van der Waals surface area (Å²) in [6.45, 7) is 4.54. The monoisotopic (exact) mass is 397 g/mol. The quantitative estimate of drug-likeness (QED) is 0.654. The molecular weight excluding hydrogens is 370 g/mol. The van der Waals surface area contributed by atoms with Gasteiger partial charge in [-0.1, -0.05) is 20.3 Å². The molecule has 0 saturated carbocycles. The van der Waals surface area contributed by atoms with E-state index in [1.165, 1.54) is 4.90 Å². The summed E-state index contributed by atoms with van der Waals surface area (Å²) in [4.78, 5) is 25.2. The summed E-state index contributed by atoms with van der Waals surface area (Å²) in [6, 6.07) is 6.02. The molecule has 2 atom stereocenters. The molecular formula is C18H27N3O5S. The fourth-order valence-corrected chi connectivity index (χ4v) is 4.35. The molecule has 8 nitrogen and oxygen atoms in total. The standard InChI is InChI=1S/C18H27N3O5S/c1-3-4-9-27(25,26)20-16-7-5-15(6-8-16)19-18(24)21-11-13(2)10-14(12-21)17(22)23/h5-8,13-14,20H,3-4,9-12H2,1-2H3,(H,19,24)(H,22,23). The average molecular weight is 397 g/mol. The summed E-state index contributed by atoms with van der Waals surface area (Å²) < 4.78 is 26.3. The van der Waals surface area contributed by atoms with Gasteiger partial charge in [0.15, 0.2) is 0 Å². The molecule has 1 saturated heterocycles. The van der Waals surface area contributed by atoms with Gasteiger partial charge in [-0.15, -0.1) is 0 Å². The third-order valence-corrected chi connectivity index (χ3v) is 5.85. The largest absolute Gasteiger partial charge is 0.481 e. The van der Waals surface area contributed by atoms with Crippen LogP contribution in [0.2, 0.25) is 0 Å². The number of sulfonamides is 1. The summed E-state index contributed by atoms with van der Waals surface area (Å²) in [5.74, 6) is -1.26. The Kier molecular flexibility index (Phi) is 7.06. The van der Waals surface area contributed by atoms with Crippen LogP contribution in [0.4, 0.5) is 16.2 Å². The number of rotatable bonds is 7. The Bertz CT molecular complexity index is 764. The van der Waals surface area contributed by atoms with E-state index in [9.17, 15) is 23.1 Å². The fraction of sp³-hybridized carbons (Fsp3) is 0.556. The van der Waals surface area contributed by atoms with Crippen molar-refractivity contribution in [1.29, 1.82) is 0 Å². The van der Waals surface area contributed by atoms with E-state index >= 15 is 0 Å². The molecule has 150 valence electrons. The van der Waals surface area contributed by atoms with Gasteiger partial charge in [0.25, 0.3) is 0 Å². The van der Waals surface area contributed by atoms with Crippen molar-refractivity contribution in [2.24, 2.45) is 11.8 Å². The van der Waals surface area contributed by atoms with E-state index in [0.29, 0.717) is 30.8 Å². The van der Waals surface area contributed by atoms with Crippen LogP contribution in [-0.2, 0) is 14.8 Å². The number of carbonyl (C=O) groups is 2. The number of carbonyl (C=O) groups excluding carboxylic acids is 1. The van der Waals surface area contributed by atoms with Crippen LogP contribution < -0.4 is 10.0 Å². The maximum atomic E-state index is 12.4. The predicted octanol–water partition coefficient (Wildman–Crippen LogP) is 2.80. The number of likely N-dealkylation sites (tertiary alicyclic amines) is 1. The molecule has 0 bridgehead atoms. The number of anilines is 2. The second kappa shape index (κ2) is 9.07. The van der Waals surface area contributed by atoms with Gasteiger partial charge < -0.3 is 15.3 Å². The lowest BCUT2D eigenvalue weighted by molar-refractivity contribution is -0.143. The Morgan fingerprint density at radius 1 is 1.19 bits per heavy atom.